The first-order chi connectivity index (χ1) is 13.9. The van der Waals surface area contributed by atoms with E-state index in [1.807, 2.05) is 32.0 Å². The molecule has 1 saturated heterocycles. The number of nitrogens with one attached hydrogen (secondary N) is 3. The van der Waals surface area contributed by atoms with E-state index in [1.54, 1.807) is 24.3 Å². The summed E-state index contributed by atoms with van der Waals surface area (Å²) in [6, 6.07) is 14.0. The monoisotopic (exact) mass is 393 g/mol. The largest absolute Gasteiger partial charge is 0.350 e. The Morgan fingerprint density at radius 3 is 2.59 bits per heavy atom. The molecule has 1 aliphatic heterocycles. The van der Waals surface area contributed by atoms with Gasteiger partial charge in [0, 0.05) is 29.7 Å². The minimum atomic E-state index is -0.526. The molecular weight excluding hydrogens is 369 g/mol. The first kappa shape index (κ1) is 19.3. The number of H-pyrrole nitrogens is 1. The first-order valence-electron chi connectivity index (χ1n) is 9.87. The summed E-state index contributed by atoms with van der Waals surface area (Å²) >= 11 is 0. The minimum absolute atomic E-state index is 0.0234. The molecule has 29 heavy (non-hydrogen) atoms. The summed E-state index contributed by atoms with van der Waals surface area (Å²) in [6.45, 7) is 5.38. The number of fused-ring (bicyclic) bond motifs is 1. The van der Waals surface area contributed by atoms with E-state index in [4.69, 9.17) is 0 Å². The van der Waals surface area contributed by atoms with Gasteiger partial charge in [-0.15, -0.1) is 0 Å². The number of amides is 1. The number of rotatable bonds is 5. The molecule has 0 bridgehead atoms. The van der Waals surface area contributed by atoms with Crippen LogP contribution in [-0.2, 0) is 4.79 Å². The maximum Gasteiger partial charge on any atom is 0.252 e. The maximum atomic E-state index is 14.1. The smallest absolute Gasteiger partial charge is 0.252 e. The van der Waals surface area contributed by atoms with Crippen molar-refractivity contribution in [1.82, 2.24) is 15.6 Å². The molecule has 1 fully saturated rings. The van der Waals surface area contributed by atoms with Crippen molar-refractivity contribution in [3.8, 4) is 11.3 Å². The summed E-state index contributed by atoms with van der Waals surface area (Å²) in [7, 11) is 0. The number of aromatic nitrogens is 1. The van der Waals surface area contributed by atoms with Crippen LogP contribution in [0.15, 0.2) is 53.3 Å². The second-order valence-corrected chi connectivity index (χ2v) is 7.92. The van der Waals surface area contributed by atoms with Gasteiger partial charge in [-0.2, -0.15) is 0 Å². The fraction of sp³-hybridized carbons (Fsp3) is 0.304. The molecule has 5 nitrogen and oxygen atoms in total. The lowest BCUT2D eigenvalue weighted by molar-refractivity contribution is -0.124. The van der Waals surface area contributed by atoms with Crippen molar-refractivity contribution in [3.05, 3.63) is 70.3 Å². The van der Waals surface area contributed by atoms with E-state index in [9.17, 15) is 14.0 Å². The average Bonchev–Trinajstić information content (AvgIpc) is 2.66. The number of carbonyl (C=O) groups excluding carboxylic acids is 1. The molecule has 2 heterocycles. The third-order valence-electron chi connectivity index (χ3n) is 5.49. The Hall–Kier alpha value is -2.99. The Kier molecular flexibility index (Phi) is 5.20. The van der Waals surface area contributed by atoms with Crippen molar-refractivity contribution in [3.63, 3.8) is 0 Å². The van der Waals surface area contributed by atoms with Crippen LogP contribution in [0.4, 0.5) is 4.39 Å². The second kappa shape index (κ2) is 7.79. The molecule has 0 saturated carbocycles. The molecule has 6 heteroatoms. The van der Waals surface area contributed by atoms with Crippen molar-refractivity contribution >= 4 is 16.7 Å². The molecule has 4 rings (SSSR count). The molecule has 0 spiro atoms. The summed E-state index contributed by atoms with van der Waals surface area (Å²) in [6.07, 6.45) is 0. The van der Waals surface area contributed by atoms with E-state index >= 15 is 0 Å². The number of hydrogen-bond donors (Lipinski definition) is 3. The molecule has 1 aromatic heterocycles. The predicted octanol–water partition coefficient (Wildman–Crippen LogP) is 3.16. The van der Waals surface area contributed by atoms with E-state index < -0.39 is 5.92 Å². The highest BCUT2D eigenvalue weighted by atomic mass is 19.1. The molecule has 1 atom stereocenters. The first-order valence-corrected chi connectivity index (χ1v) is 9.87. The van der Waals surface area contributed by atoms with Gasteiger partial charge in [0.05, 0.1) is 12.0 Å². The molecule has 1 amide bonds. The van der Waals surface area contributed by atoms with Crippen LogP contribution in [0, 0.1) is 11.7 Å². The quantitative estimate of drug-likeness (QED) is 0.623. The summed E-state index contributed by atoms with van der Waals surface area (Å²) in [5.41, 5.74) is 1.46. The van der Waals surface area contributed by atoms with Gasteiger partial charge in [-0.3, -0.25) is 9.59 Å². The van der Waals surface area contributed by atoms with Gasteiger partial charge in [0.2, 0.25) is 5.91 Å². The zero-order valence-electron chi connectivity index (χ0n) is 16.5. The van der Waals surface area contributed by atoms with Crippen LogP contribution in [0.3, 0.4) is 0 Å². The van der Waals surface area contributed by atoms with Crippen LogP contribution >= 0.6 is 0 Å². The van der Waals surface area contributed by atoms with Gasteiger partial charge < -0.3 is 15.6 Å². The van der Waals surface area contributed by atoms with Crippen LogP contribution < -0.4 is 16.2 Å². The lowest BCUT2D eigenvalue weighted by Gasteiger charge is -2.30. The average molecular weight is 393 g/mol. The van der Waals surface area contributed by atoms with Gasteiger partial charge >= 0.3 is 0 Å². The van der Waals surface area contributed by atoms with Crippen LogP contribution in [-0.4, -0.2) is 30.0 Å². The topological polar surface area (TPSA) is 74.0 Å². The van der Waals surface area contributed by atoms with Gasteiger partial charge in [-0.25, -0.2) is 4.39 Å². The van der Waals surface area contributed by atoms with Gasteiger partial charge in [0.1, 0.15) is 5.82 Å². The molecule has 0 aliphatic carbocycles. The van der Waals surface area contributed by atoms with Crippen LogP contribution in [0.5, 0.6) is 0 Å². The van der Waals surface area contributed by atoms with Crippen LogP contribution in [0.1, 0.15) is 25.3 Å². The summed E-state index contributed by atoms with van der Waals surface area (Å²) in [5.74, 6) is -0.977. The van der Waals surface area contributed by atoms with Crippen molar-refractivity contribution in [2.45, 2.75) is 25.8 Å². The van der Waals surface area contributed by atoms with E-state index in [-0.39, 0.29) is 29.2 Å². The lowest BCUT2D eigenvalue weighted by atomic mass is 9.87. The number of pyridine rings is 1. The number of hydrogen-bond acceptors (Lipinski definition) is 3. The van der Waals surface area contributed by atoms with E-state index in [0.29, 0.717) is 16.6 Å². The van der Waals surface area contributed by atoms with Crippen molar-refractivity contribution < 1.29 is 9.18 Å². The Morgan fingerprint density at radius 2 is 1.93 bits per heavy atom. The molecule has 3 N–H and O–H groups in total. The minimum Gasteiger partial charge on any atom is -0.350 e. The van der Waals surface area contributed by atoms with E-state index in [2.05, 4.69) is 15.6 Å². The molecule has 1 aliphatic rings. The summed E-state index contributed by atoms with van der Waals surface area (Å²) in [4.78, 5) is 28.5. The number of aromatic amines is 1. The Balaban J connectivity index is 1.67. The molecule has 150 valence electrons. The Bertz CT molecular complexity index is 1120. The van der Waals surface area contributed by atoms with Crippen molar-refractivity contribution in [2.75, 3.05) is 13.1 Å². The number of carbonyl (C=O) groups is 1. The second-order valence-electron chi connectivity index (χ2n) is 7.92. The van der Waals surface area contributed by atoms with Gasteiger partial charge in [0.25, 0.3) is 5.56 Å². The highest BCUT2D eigenvalue weighted by Crippen LogP contribution is 2.27. The Labute approximate surface area is 168 Å². The number of halogens is 1. The zero-order chi connectivity index (χ0) is 20.5. The van der Waals surface area contributed by atoms with Gasteiger partial charge in [-0.1, -0.05) is 44.2 Å². The Morgan fingerprint density at radius 1 is 1.14 bits per heavy atom. The van der Waals surface area contributed by atoms with Gasteiger partial charge in [-0.05, 0) is 35.1 Å². The zero-order valence-corrected chi connectivity index (χ0v) is 16.5. The van der Waals surface area contributed by atoms with Crippen LogP contribution in [0.2, 0.25) is 0 Å². The summed E-state index contributed by atoms with van der Waals surface area (Å²) < 4.78 is 14.1. The fourth-order valence-electron chi connectivity index (χ4n) is 3.79. The van der Waals surface area contributed by atoms with Crippen molar-refractivity contribution in [2.24, 2.45) is 5.92 Å². The van der Waals surface area contributed by atoms with Gasteiger partial charge in [0.15, 0.2) is 0 Å². The number of benzene rings is 2. The molecule has 0 radical (unpaired) electrons. The third-order valence-corrected chi connectivity index (χ3v) is 5.49. The van der Waals surface area contributed by atoms with Crippen molar-refractivity contribution in [1.29, 1.82) is 0 Å². The SMILES string of the molecule is CC(C)C(C(=O)NC1CNC1)c1ccc(-c2ccc3cccc(F)c3c2)[nH]c1=O. The highest BCUT2D eigenvalue weighted by Gasteiger charge is 2.29. The standard InChI is InChI=1S/C23H24FN3O2/c1-13(2)21(23(29)26-16-11-25-12-16)17-8-9-20(27-22(17)28)15-7-6-14-4-3-5-19(24)18(14)10-15/h3-10,13,16,21,25H,11-12H2,1-2H3,(H,26,29)(H,27,28). The van der Waals surface area contributed by atoms with E-state index in [0.717, 1.165) is 24.0 Å². The fourth-order valence-corrected chi connectivity index (χ4v) is 3.79. The maximum absolute atomic E-state index is 14.1. The van der Waals surface area contributed by atoms with E-state index in [1.165, 1.54) is 6.07 Å². The van der Waals surface area contributed by atoms with Crippen LogP contribution in [0.25, 0.3) is 22.0 Å². The normalized spacial score (nSPS) is 15.3. The molecule has 2 aromatic carbocycles. The molecule has 1 unspecified atom stereocenters. The lowest BCUT2D eigenvalue weighted by Crippen LogP contribution is -2.58. The highest BCUT2D eigenvalue weighted by molar-refractivity contribution is 5.87. The molecule has 3 aromatic rings. The molecular formula is C23H24FN3O2. The summed E-state index contributed by atoms with van der Waals surface area (Å²) in [5, 5.41) is 7.42. The third kappa shape index (κ3) is 3.80. The predicted molar refractivity (Wildman–Crippen MR) is 112 cm³/mol.